The van der Waals surface area contributed by atoms with Crippen molar-refractivity contribution in [3.63, 3.8) is 0 Å². The van der Waals surface area contributed by atoms with Crippen molar-refractivity contribution in [2.75, 3.05) is 0 Å². The predicted octanol–water partition coefficient (Wildman–Crippen LogP) is -1.14. The Morgan fingerprint density at radius 1 is 1.83 bits per heavy atom. The van der Waals surface area contributed by atoms with Crippen LogP contribution >= 0.6 is 0 Å². The molecule has 0 radical (unpaired) electrons. The van der Waals surface area contributed by atoms with Crippen LogP contribution in [0, 0.1) is 0 Å². The first-order valence-electron chi connectivity index (χ1n) is 1.09. The summed E-state index contributed by atoms with van der Waals surface area (Å²) >= 11 is 0. The molecule has 3 nitrogen and oxygen atoms in total. The van der Waals surface area contributed by atoms with E-state index in [9.17, 15) is 4.11 Å². The van der Waals surface area contributed by atoms with Crippen molar-refractivity contribution in [1.29, 1.82) is 0 Å². The van der Waals surface area contributed by atoms with Crippen LogP contribution < -0.4 is 5.73 Å². The Balaban J connectivity index is 0. The molecule has 0 saturated heterocycles. The lowest BCUT2D eigenvalue weighted by atomic mass is 11.3. The molecule has 0 aliphatic rings. The Hall–Kier alpha value is -0.583. The van der Waals surface area contributed by atoms with E-state index < -0.39 is 6.09 Å². The summed E-state index contributed by atoms with van der Waals surface area (Å²) in [5.74, 6) is 0. The van der Waals surface area contributed by atoms with E-state index in [-0.39, 0.29) is 10.6 Å². The van der Waals surface area contributed by atoms with E-state index in [4.69, 9.17) is 9.90 Å². The molecule has 0 saturated carbocycles. The predicted molar refractivity (Wildman–Crippen MR) is 23.3 cm³/mol. The summed E-state index contributed by atoms with van der Waals surface area (Å²) in [6.45, 7) is 0. The number of hydrogen-bond donors (Lipinski definition) is 2. The van der Waals surface area contributed by atoms with Crippen LogP contribution in [0.5, 0.6) is 0 Å². The molecule has 38 valence electrons. The lowest BCUT2D eigenvalue weighted by Crippen LogP contribution is -2.03. The second kappa shape index (κ2) is 8.83. The molecule has 0 aliphatic carbocycles. The van der Waals surface area contributed by atoms with Crippen molar-refractivity contribution in [2.45, 2.75) is 0 Å². The van der Waals surface area contributed by atoms with Gasteiger partial charge in [0.05, 0.1) is 0 Å². The second-order valence-electron chi connectivity index (χ2n) is 0.338. The van der Waals surface area contributed by atoms with Gasteiger partial charge < -0.3 is 14.9 Å². The Labute approximate surface area is 37.6 Å². The fourth-order valence-corrected chi connectivity index (χ4v) is 0. The monoisotopic (exact) mass is 111 g/mol. The average molecular weight is 111 g/mol. The molecule has 0 fully saturated rings. The zero-order chi connectivity index (χ0) is 5.58. The van der Waals surface area contributed by atoms with Crippen LogP contribution in [0.1, 0.15) is 0 Å². The van der Waals surface area contributed by atoms with Gasteiger partial charge >= 0.3 is 6.09 Å². The van der Waals surface area contributed by atoms with Gasteiger partial charge in [0.15, 0.2) is 0 Å². The summed E-state index contributed by atoms with van der Waals surface area (Å²) in [5.41, 5.74) is 4.03. The van der Waals surface area contributed by atoms with Gasteiger partial charge in [0, 0.05) is 0 Å². The van der Waals surface area contributed by atoms with Crippen molar-refractivity contribution in [2.24, 2.45) is 5.73 Å². The summed E-state index contributed by atoms with van der Waals surface area (Å²) in [6, 6.07) is 0. The third kappa shape index (κ3) is 58.7. The summed E-state index contributed by atoms with van der Waals surface area (Å²) in [7, 11) is -0.194. The molecule has 0 atom stereocenters. The number of carbonyl (C=O) groups is 1. The average Bonchev–Trinajstić information content (AvgIpc) is 1.41. The Bertz CT molecular complexity index is 36.5. The molecular formula is CH6FNO2Si. The molecule has 0 spiro atoms. The van der Waals surface area contributed by atoms with Gasteiger partial charge in [-0.3, -0.25) is 0 Å². The molecule has 0 heterocycles. The first kappa shape index (κ1) is 9.05. The van der Waals surface area contributed by atoms with Crippen molar-refractivity contribution < 1.29 is 14.0 Å². The number of primary amides is 1. The maximum atomic E-state index is 9.64. The van der Waals surface area contributed by atoms with Crippen LogP contribution in [-0.4, -0.2) is 21.8 Å². The van der Waals surface area contributed by atoms with Crippen LogP contribution in [0.2, 0.25) is 0 Å². The number of rotatable bonds is 0. The molecule has 0 aliphatic heterocycles. The summed E-state index contributed by atoms with van der Waals surface area (Å²) in [5, 5.41) is 7.19. The van der Waals surface area contributed by atoms with E-state index in [0.717, 1.165) is 0 Å². The van der Waals surface area contributed by atoms with Crippen molar-refractivity contribution in [3.05, 3.63) is 0 Å². The molecular weight excluding hydrogens is 105 g/mol. The molecule has 5 heteroatoms. The fourth-order valence-electron chi connectivity index (χ4n) is 0. The van der Waals surface area contributed by atoms with Crippen molar-refractivity contribution in [1.82, 2.24) is 0 Å². The molecule has 0 aromatic rings. The minimum atomic E-state index is -1.33. The van der Waals surface area contributed by atoms with E-state index in [2.05, 4.69) is 5.73 Å². The van der Waals surface area contributed by atoms with E-state index in [1.807, 2.05) is 0 Å². The first-order chi connectivity index (χ1) is 2.73. The SMILES string of the molecule is F[SiH3].NC(=O)O. The zero-order valence-corrected chi connectivity index (χ0v) is 5.31. The molecule has 0 aromatic carbocycles. The lowest BCUT2D eigenvalue weighted by Gasteiger charge is -1.61. The van der Waals surface area contributed by atoms with Crippen molar-refractivity contribution in [3.8, 4) is 0 Å². The summed E-state index contributed by atoms with van der Waals surface area (Å²) < 4.78 is 9.64. The van der Waals surface area contributed by atoms with E-state index in [1.54, 1.807) is 0 Å². The largest absolute Gasteiger partial charge is 0.465 e. The Morgan fingerprint density at radius 3 is 1.83 bits per heavy atom. The number of amides is 1. The molecule has 6 heavy (non-hydrogen) atoms. The van der Waals surface area contributed by atoms with Gasteiger partial charge in [-0.15, -0.1) is 0 Å². The maximum absolute atomic E-state index is 9.64. The quantitative estimate of drug-likeness (QED) is 0.306. The van der Waals surface area contributed by atoms with Gasteiger partial charge in [-0.05, 0) is 0 Å². The van der Waals surface area contributed by atoms with Crippen molar-refractivity contribution >= 4 is 16.7 Å². The van der Waals surface area contributed by atoms with Crippen LogP contribution in [0.15, 0.2) is 0 Å². The van der Waals surface area contributed by atoms with Crippen LogP contribution in [0.3, 0.4) is 0 Å². The number of nitrogens with two attached hydrogens (primary N) is 1. The lowest BCUT2D eigenvalue weighted by molar-refractivity contribution is 0.205. The van der Waals surface area contributed by atoms with Crippen LogP contribution in [0.25, 0.3) is 0 Å². The fraction of sp³-hybridized carbons (Fsp3) is 0. The van der Waals surface area contributed by atoms with Crippen LogP contribution in [-0.2, 0) is 0 Å². The standard InChI is InChI=1S/CH3NO2.FH3Si/c2-1(3)4;1-2/h2H2,(H,3,4);2H3. The highest BCUT2D eigenvalue weighted by atomic mass is 28.2. The minimum Gasteiger partial charge on any atom is -0.465 e. The molecule has 0 aromatic heterocycles. The van der Waals surface area contributed by atoms with Gasteiger partial charge in [-0.1, -0.05) is 0 Å². The number of halogens is 1. The van der Waals surface area contributed by atoms with Gasteiger partial charge in [-0.25, -0.2) is 4.79 Å². The third-order valence-electron chi connectivity index (χ3n) is 0. The third-order valence-corrected chi connectivity index (χ3v) is 0. The highest BCUT2D eigenvalue weighted by molar-refractivity contribution is 5.96. The minimum absolute atomic E-state index is 0.194. The summed E-state index contributed by atoms with van der Waals surface area (Å²) in [4.78, 5) is 8.78. The Kier molecular flexibility index (Phi) is 13.3. The topological polar surface area (TPSA) is 63.3 Å². The molecule has 0 rings (SSSR count). The highest BCUT2D eigenvalue weighted by Crippen LogP contribution is 1.34. The second-order valence-corrected chi connectivity index (χ2v) is 0.338. The van der Waals surface area contributed by atoms with Crippen LogP contribution in [0.4, 0.5) is 8.90 Å². The smallest absolute Gasteiger partial charge is 0.402 e. The van der Waals surface area contributed by atoms with Gasteiger partial charge in [-0.2, -0.15) is 0 Å². The molecule has 1 amide bonds. The van der Waals surface area contributed by atoms with E-state index in [0.29, 0.717) is 0 Å². The number of hydrogen-bond acceptors (Lipinski definition) is 1. The Morgan fingerprint density at radius 2 is 1.83 bits per heavy atom. The molecule has 0 unspecified atom stereocenters. The van der Waals surface area contributed by atoms with E-state index in [1.165, 1.54) is 0 Å². The molecule has 3 N–H and O–H groups in total. The van der Waals surface area contributed by atoms with E-state index >= 15 is 0 Å². The van der Waals surface area contributed by atoms with Gasteiger partial charge in [0.2, 0.25) is 10.6 Å². The maximum Gasteiger partial charge on any atom is 0.402 e. The first-order valence-corrected chi connectivity index (χ1v) is 1.85. The summed E-state index contributed by atoms with van der Waals surface area (Å²) in [6.07, 6.45) is -1.33. The molecule has 0 bridgehead atoms. The normalized spacial score (nSPS) is 5.50. The van der Waals surface area contributed by atoms with Gasteiger partial charge in [0.25, 0.3) is 0 Å². The highest BCUT2D eigenvalue weighted by Gasteiger charge is 1.65. The number of carboxylic acid groups (broad SMARTS) is 1. The van der Waals surface area contributed by atoms with Gasteiger partial charge in [0.1, 0.15) is 0 Å². The zero-order valence-electron chi connectivity index (χ0n) is 3.31.